The predicted molar refractivity (Wildman–Crippen MR) is 118 cm³/mol. The second-order valence-corrected chi connectivity index (χ2v) is 8.26. The Bertz CT molecular complexity index is 993. The summed E-state index contributed by atoms with van der Waals surface area (Å²) in [5.74, 6) is 0. The van der Waals surface area contributed by atoms with E-state index in [1.165, 1.54) is 0 Å². The highest BCUT2D eigenvalue weighted by Crippen LogP contribution is 2.37. The van der Waals surface area contributed by atoms with Crippen LogP contribution in [0.4, 0.5) is 4.39 Å². The van der Waals surface area contributed by atoms with E-state index >= 15 is 4.39 Å². The third-order valence-corrected chi connectivity index (χ3v) is 6.18. The molecule has 3 aromatic rings. The van der Waals surface area contributed by atoms with Crippen molar-refractivity contribution in [1.82, 2.24) is 0 Å². The van der Waals surface area contributed by atoms with E-state index in [9.17, 15) is 4.21 Å². The van der Waals surface area contributed by atoms with Crippen molar-refractivity contribution in [3.05, 3.63) is 107 Å². The Morgan fingerprint density at radius 1 is 0.931 bits per heavy atom. The zero-order valence-corrected chi connectivity index (χ0v) is 17.7. The lowest BCUT2D eigenvalue weighted by Crippen LogP contribution is -2.14. The molecule has 0 heterocycles. The monoisotopic (exact) mass is 408 g/mol. The predicted octanol–water partition coefficient (Wildman–Crippen LogP) is 6.83. The molecule has 0 aromatic heterocycles. The molecule has 3 unspecified atom stereocenters. The molecule has 3 rings (SSSR count). The first-order valence-electron chi connectivity index (χ1n) is 9.48. The standard InChI is InChI=1S/C25H25FO2S/c1-17(2)22-15-18(3)25(19(4)16-22)29(27)28-24(21-13-9-6-10-14-21)23(26)20-11-7-5-8-12-20/h5-16,23-24H,1H2,2-4H3. The van der Waals surface area contributed by atoms with Gasteiger partial charge in [0.15, 0.2) is 17.3 Å². The molecule has 0 amide bonds. The summed E-state index contributed by atoms with van der Waals surface area (Å²) in [5.41, 5.74) is 4.74. The summed E-state index contributed by atoms with van der Waals surface area (Å²) in [6.45, 7) is 9.67. The van der Waals surface area contributed by atoms with Gasteiger partial charge in [-0.3, -0.25) is 4.18 Å². The number of hydrogen-bond donors (Lipinski definition) is 0. The van der Waals surface area contributed by atoms with Gasteiger partial charge in [-0.05, 0) is 48.6 Å². The largest absolute Gasteiger partial charge is 0.275 e. The van der Waals surface area contributed by atoms with Crippen molar-refractivity contribution in [2.24, 2.45) is 0 Å². The van der Waals surface area contributed by atoms with Crippen molar-refractivity contribution >= 4 is 16.7 Å². The lowest BCUT2D eigenvalue weighted by atomic mass is 10.00. The summed E-state index contributed by atoms with van der Waals surface area (Å²) in [4.78, 5) is 0.580. The smallest absolute Gasteiger partial charge is 0.190 e. The van der Waals surface area contributed by atoms with Crippen LogP contribution in [0.25, 0.3) is 5.57 Å². The van der Waals surface area contributed by atoms with Crippen LogP contribution in [0, 0.1) is 13.8 Å². The molecular formula is C25H25FO2S. The van der Waals surface area contributed by atoms with E-state index in [0.29, 0.717) is 16.0 Å². The zero-order valence-electron chi connectivity index (χ0n) is 16.9. The summed E-state index contributed by atoms with van der Waals surface area (Å²) >= 11 is -1.82. The van der Waals surface area contributed by atoms with Crippen LogP contribution in [0.2, 0.25) is 0 Å². The van der Waals surface area contributed by atoms with Gasteiger partial charge in [0, 0.05) is 0 Å². The quantitative estimate of drug-likeness (QED) is 0.428. The Hall–Kier alpha value is -2.56. The summed E-state index contributed by atoms with van der Waals surface area (Å²) in [6, 6.07) is 21.8. The Balaban J connectivity index is 1.96. The van der Waals surface area contributed by atoms with E-state index in [2.05, 4.69) is 6.58 Å². The molecule has 0 saturated heterocycles. The maximum atomic E-state index is 15.5. The van der Waals surface area contributed by atoms with Crippen LogP contribution in [0.15, 0.2) is 84.3 Å². The first-order valence-corrected chi connectivity index (χ1v) is 10.6. The van der Waals surface area contributed by atoms with Gasteiger partial charge in [-0.1, -0.05) is 84.9 Å². The SMILES string of the molecule is C=C(C)c1cc(C)c(S(=O)OC(c2ccccc2)C(F)c2ccccc2)c(C)c1. The Morgan fingerprint density at radius 3 is 1.90 bits per heavy atom. The van der Waals surface area contributed by atoms with Crippen LogP contribution in [-0.4, -0.2) is 4.21 Å². The van der Waals surface area contributed by atoms with Crippen LogP contribution in [-0.2, 0) is 15.3 Å². The van der Waals surface area contributed by atoms with Crippen molar-refractivity contribution in [2.45, 2.75) is 37.9 Å². The summed E-state index contributed by atoms with van der Waals surface area (Å²) in [5, 5.41) is 0. The molecule has 3 atom stereocenters. The highest BCUT2D eigenvalue weighted by atomic mass is 32.2. The molecule has 0 spiro atoms. The maximum absolute atomic E-state index is 15.5. The first-order chi connectivity index (χ1) is 13.9. The number of rotatable bonds is 7. The molecular weight excluding hydrogens is 383 g/mol. The minimum atomic E-state index is -1.82. The average Bonchev–Trinajstić information content (AvgIpc) is 2.72. The second-order valence-electron chi connectivity index (χ2n) is 7.19. The molecule has 0 N–H and O–H groups in total. The minimum absolute atomic E-state index is 0.490. The maximum Gasteiger partial charge on any atom is 0.190 e. The van der Waals surface area contributed by atoms with Crippen molar-refractivity contribution in [3.63, 3.8) is 0 Å². The fraction of sp³-hybridized carbons (Fsp3) is 0.200. The lowest BCUT2D eigenvalue weighted by molar-refractivity contribution is 0.114. The Kier molecular flexibility index (Phi) is 6.78. The molecule has 0 aliphatic rings. The van der Waals surface area contributed by atoms with Gasteiger partial charge in [0.1, 0.15) is 6.10 Å². The van der Waals surface area contributed by atoms with Crippen LogP contribution in [0.3, 0.4) is 0 Å². The van der Waals surface area contributed by atoms with Crippen molar-refractivity contribution in [2.75, 3.05) is 0 Å². The van der Waals surface area contributed by atoms with Crippen molar-refractivity contribution in [1.29, 1.82) is 0 Å². The van der Waals surface area contributed by atoms with Crippen LogP contribution < -0.4 is 0 Å². The number of allylic oxidation sites excluding steroid dienone is 1. The zero-order chi connectivity index (χ0) is 21.0. The molecule has 150 valence electrons. The second kappa shape index (κ2) is 9.29. The molecule has 0 bridgehead atoms. The number of benzene rings is 3. The molecule has 3 aromatic carbocycles. The third kappa shape index (κ3) is 4.89. The fourth-order valence-electron chi connectivity index (χ4n) is 3.33. The van der Waals surface area contributed by atoms with Gasteiger partial charge in [-0.25, -0.2) is 8.60 Å². The normalized spacial score (nSPS) is 14.2. The molecule has 29 heavy (non-hydrogen) atoms. The summed E-state index contributed by atoms with van der Waals surface area (Å²) in [7, 11) is 0. The lowest BCUT2D eigenvalue weighted by Gasteiger charge is -2.22. The third-order valence-electron chi connectivity index (χ3n) is 4.82. The van der Waals surface area contributed by atoms with Gasteiger partial charge in [0.2, 0.25) is 0 Å². The summed E-state index contributed by atoms with van der Waals surface area (Å²) in [6.07, 6.45) is -2.43. The molecule has 4 heteroatoms. The Labute approximate surface area is 174 Å². The van der Waals surface area contributed by atoms with Gasteiger partial charge >= 0.3 is 0 Å². The molecule has 0 saturated carbocycles. The van der Waals surface area contributed by atoms with Crippen LogP contribution in [0.5, 0.6) is 0 Å². The number of alkyl halides is 1. The highest BCUT2D eigenvalue weighted by Gasteiger charge is 2.29. The van der Waals surface area contributed by atoms with Crippen molar-refractivity contribution in [3.8, 4) is 0 Å². The molecule has 0 radical (unpaired) electrons. The van der Waals surface area contributed by atoms with E-state index < -0.39 is 23.4 Å². The van der Waals surface area contributed by atoms with Crippen molar-refractivity contribution < 1.29 is 12.8 Å². The Morgan fingerprint density at radius 2 is 1.41 bits per heavy atom. The number of hydrogen-bond acceptors (Lipinski definition) is 2. The molecule has 2 nitrogen and oxygen atoms in total. The molecule has 0 aliphatic heterocycles. The van der Waals surface area contributed by atoms with Gasteiger partial charge < -0.3 is 0 Å². The van der Waals surface area contributed by atoms with Gasteiger partial charge in [0.05, 0.1) is 4.90 Å². The van der Waals surface area contributed by atoms with E-state index in [0.717, 1.165) is 22.3 Å². The molecule has 0 fully saturated rings. The van der Waals surface area contributed by atoms with Crippen LogP contribution >= 0.6 is 0 Å². The van der Waals surface area contributed by atoms with E-state index in [1.54, 1.807) is 36.4 Å². The van der Waals surface area contributed by atoms with Gasteiger partial charge in [0.25, 0.3) is 0 Å². The molecule has 0 aliphatic carbocycles. The van der Waals surface area contributed by atoms with Gasteiger partial charge in [-0.2, -0.15) is 0 Å². The number of halogens is 1. The number of aryl methyl sites for hydroxylation is 2. The topological polar surface area (TPSA) is 26.3 Å². The highest BCUT2D eigenvalue weighted by molar-refractivity contribution is 7.80. The van der Waals surface area contributed by atoms with E-state index in [4.69, 9.17) is 4.18 Å². The van der Waals surface area contributed by atoms with Gasteiger partial charge in [-0.15, -0.1) is 0 Å². The first kappa shape index (κ1) is 21.2. The average molecular weight is 409 g/mol. The summed E-state index contributed by atoms with van der Waals surface area (Å²) < 4.78 is 34.5. The van der Waals surface area contributed by atoms with E-state index in [1.807, 2.05) is 57.2 Å². The fourth-order valence-corrected chi connectivity index (χ4v) is 4.47. The van der Waals surface area contributed by atoms with E-state index in [-0.39, 0.29) is 0 Å². The van der Waals surface area contributed by atoms with Crippen LogP contribution in [0.1, 0.15) is 47.0 Å². The minimum Gasteiger partial charge on any atom is -0.275 e.